The van der Waals surface area contributed by atoms with Crippen molar-refractivity contribution in [2.24, 2.45) is 0 Å². The lowest BCUT2D eigenvalue weighted by molar-refractivity contribution is 0.0707. The highest BCUT2D eigenvalue weighted by atomic mass is 32.2. The Morgan fingerprint density at radius 3 is 2.27 bits per heavy atom. The molecule has 192 valence electrons. The fourth-order valence-electron chi connectivity index (χ4n) is 4.22. The van der Waals surface area contributed by atoms with E-state index in [1.165, 1.54) is 29.7 Å². The quantitative estimate of drug-likeness (QED) is 0.261. The topological polar surface area (TPSA) is 109 Å². The third-order valence-electron chi connectivity index (χ3n) is 6.09. The Balaban J connectivity index is 2.06. The van der Waals surface area contributed by atoms with Gasteiger partial charge < -0.3 is 4.74 Å². The average molecular weight is 520 g/mol. The predicted molar refractivity (Wildman–Crippen MR) is 143 cm³/mol. The molecule has 0 saturated heterocycles. The van der Waals surface area contributed by atoms with Crippen LogP contribution in [-0.2, 0) is 22.0 Å². The van der Waals surface area contributed by atoms with Gasteiger partial charge in [0, 0.05) is 11.6 Å². The van der Waals surface area contributed by atoms with Gasteiger partial charge in [0.25, 0.3) is 15.9 Å². The van der Waals surface area contributed by atoms with Crippen molar-refractivity contribution in [3.05, 3.63) is 95.7 Å². The summed E-state index contributed by atoms with van der Waals surface area (Å²) in [5.74, 6) is -0.355. The van der Waals surface area contributed by atoms with Gasteiger partial charge in [-0.15, -0.1) is 0 Å². The maximum Gasteiger partial charge on any atom is 0.278 e. The van der Waals surface area contributed by atoms with E-state index in [0.29, 0.717) is 22.2 Å². The first kappa shape index (κ1) is 26.1. The van der Waals surface area contributed by atoms with E-state index >= 15 is 0 Å². The molecule has 8 nitrogen and oxygen atoms in total. The van der Waals surface area contributed by atoms with Gasteiger partial charge in [-0.1, -0.05) is 69.3 Å². The summed E-state index contributed by atoms with van der Waals surface area (Å²) in [4.78, 5) is 17.4. The van der Waals surface area contributed by atoms with Gasteiger partial charge in [0.15, 0.2) is 0 Å². The largest absolute Gasteiger partial charge is 0.497 e. The van der Waals surface area contributed by atoms with Crippen LogP contribution < -0.4 is 14.5 Å². The summed E-state index contributed by atoms with van der Waals surface area (Å²) in [6.45, 7) is 6.05. The first-order valence-corrected chi connectivity index (χ1v) is 13.1. The second-order valence-corrected chi connectivity index (χ2v) is 11.4. The molecule has 0 fully saturated rings. The molecular weight excluding hydrogens is 490 g/mol. The highest BCUT2D eigenvalue weighted by Gasteiger charge is 2.32. The van der Waals surface area contributed by atoms with Gasteiger partial charge >= 0.3 is 0 Å². The van der Waals surface area contributed by atoms with Crippen LogP contribution in [-0.4, -0.2) is 31.6 Å². The van der Waals surface area contributed by atoms with E-state index in [0.717, 1.165) is 5.56 Å². The monoisotopic (exact) mass is 519 g/mol. The number of sulfonamides is 1. The van der Waals surface area contributed by atoms with E-state index in [-0.39, 0.29) is 28.1 Å². The van der Waals surface area contributed by atoms with Crippen LogP contribution in [0.5, 0.6) is 5.75 Å². The summed E-state index contributed by atoms with van der Waals surface area (Å²) in [5, 5.41) is 9.98. The number of nitrogens with one attached hydrogen (secondary N) is 1. The van der Waals surface area contributed by atoms with E-state index in [2.05, 4.69) is 4.98 Å². The lowest BCUT2D eigenvalue weighted by atomic mass is 9.85. The summed E-state index contributed by atoms with van der Waals surface area (Å²) in [7, 11) is -2.69. The summed E-state index contributed by atoms with van der Waals surface area (Å²) in [6, 6.07) is 20.6. The molecule has 0 bridgehead atoms. The summed E-state index contributed by atoms with van der Waals surface area (Å²) in [6.07, 6.45) is 1.31. The van der Waals surface area contributed by atoms with Crippen LogP contribution in [0.3, 0.4) is 0 Å². The molecule has 4 aromatic rings. The van der Waals surface area contributed by atoms with E-state index in [1.54, 1.807) is 23.7 Å². The second kappa shape index (κ2) is 10.2. The lowest BCUT2D eigenvalue weighted by Crippen LogP contribution is -2.33. The third kappa shape index (κ3) is 5.14. The zero-order chi connectivity index (χ0) is 26.8. The number of hydroxylamine groups is 1. The normalized spacial score (nSPS) is 11.8. The zero-order valence-electron chi connectivity index (χ0n) is 21.1. The lowest BCUT2D eigenvalue weighted by Gasteiger charge is -2.29. The number of carbonyl (C=O) groups excluding carboxylic acids is 1. The molecule has 0 aliphatic rings. The molecule has 0 aliphatic carbocycles. The number of para-hydroxylation sites is 1. The molecule has 1 heterocycles. The number of benzene rings is 3. The number of hydrogen-bond donors (Lipinski definition) is 2. The number of hydrogen-bond acceptors (Lipinski definition) is 6. The first-order valence-electron chi connectivity index (χ1n) is 11.7. The van der Waals surface area contributed by atoms with Crippen molar-refractivity contribution in [3.8, 4) is 5.75 Å². The first-order chi connectivity index (χ1) is 17.6. The molecule has 2 N–H and O–H groups in total. The maximum atomic E-state index is 14.2. The molecule has 0 aliphatic heterocycles. The van der Waals surface area contributed by atoms with Gasteiger partial charge in [0.05, 0.1) is 35.3 Å². The van der Waals surface area contributed by atoms with Crippen LogP contribution in [0.15, 0.2) is 83.9 Å². The molecule has 0 spiro atoms. The number of methoxy groups -OCH3 is 1. The van der Waals surface area contributed by atoms with Crippen molar-refractivity contribution >= 4 is 32.5 Å². The molecule has 9 heteroatoms. The van der Waals surface area contributed by atoms with Crippen molar-refractivity contribution in [1.29, 1.82) is 0 Å². The molecular formula is C28H29N3O5S. The van der Waals surface area contributed by atoms with Crippen molar-refractivity contribution in [3.63, 3.8) is 0 Å². The summed E-state index contributed by atoms with van der Waals surface area (Å²) < 4.78 is 34.8. The van der Waals surface area contributed by atoms with Gasteiger partial charge in [-0.2, -0.15) is 0 Å². The van der Waals surface area contributed by atoms with E-state index in [9.17, 15) is 18.4 Å². The van der Waals surface area contributed by atoms with Crippen molar-refractivity contribution in [2.45, 2.75) is 37.6 Å². The number of fused-ring (bicyclic) bond motifs is 1. The number of pyridine rings is 1. The Morgan fingerprint density at radius 2 is 1.68 bits per heavy atom. The van der Waals surface area contributed by atoms with Crippen LogP contribution in [0.2, 0.25) is 0 Å². The number of anilines is 1. The minimum Gasteiger partial charge on any atom is -0.497 e. The Bertz CT molecular complexity index is 1530. The molecule has 0 atom stereocenters. The minimum absolute atomic E-state index is 0.0246. The smallest absolute Gasteiger partial charge is 0.278 e. The summed E-state index contributed by atoms with van der Waals surface area (Å²) in [5.41, 5.74) is 3.57. The number of aromatic nitrogens is 1. The summed E-state index contributed by atoms with van der Waals surface area (Å²) >= 11 is 0. The van der Waals surface area contributed by atoms with Crippen LogP contribution in [0.25, 0.3) is 10.9 Å². The fraction of sp³-hybridized carbons (Fsp3) is 0.214. The van der Waals surface area contributed by atoms with Gasteiger partial charge in [-0.05, 0) is 40.8 Å². The van der Waals surface area contributed by atoms with Crippen LogP contribution in [0.1, 0.15) is 42.3 Å². The van der Waals surface area contributed by atoms with Gasteiger partial charge in [0.1, 0.15) is 5.75 Å². The fourth-order valence-corrected chi connectivity index (χ4v) is 5.71. The molecule has 0 unspecified atom stereocenters. The number of rotatable bonds is 7. The molecule has 3 aromatic carbocycles. The van der Waals surface area contributed by atoms with Crippen molar-refractivity contribution < 1.29 is 23.2 Å². The SMILES string of the molecule is COc1ccc(S(=O)(=O)N(Cc2ccccc2)c2c(C(=O)NO)cnc3c(C(C)(C)C)cccc23)cc1. The molecule has 1 aromatic heterocycles. The molecule has 4 rings (SSSR count). The zero-order valence-corrected chi connectivity index (χ0v) is 21.9. The van der Waals surface area contributed by atoms with Gasteiger partial charge in [-0.3, -0.25) is 19.3 Å². The molecule has 1 amide bonds. The highest BCUT2D eigenvalue weighted by Crippen LogP contribution is 2.38. The van der Waals surface area contributed by atoms with Gasteiger partial charge in [0.2, 0.25) is 0 Å². The number of nitrogens with zero attached hydrogens (tertiary/aromatic N) is 2. The van der Waals surface area contributed by atoms with Crippen LogP contribution >= 0.6 is 0 Å². The minimum atomic E-state index is -4.19. The standard InChI is InChI=1S/C28H29N3O5S/c1-28(2,3)24-12-8-11-22-25(24)29-17-23(27(32)30-33)26(22)31(18-19-9-6-5-7-10-19)37(34,35)21-15-13-20(36-4)14-16-21/h5-17,33H,18H2,1-4H3,(H,30,32). The third-order valence-corrected chi connectivity index (χ3v) is 7.85. The Labute approximate surface area is 216 Å². The van der Waals surface area contributed by atoms with Crippen LogP contribution in [0.4, 0.5) is 5.69 Å². The van der Waals surface area contributed by atoms with E-state index in [1.807, 2.05) is 63.2 Å². The number of carbonyl (C=O) groups is 1. The molecule has 0 saturated carbocycles. The molecule has 37 heavy (non-hydrogen) atoms. The Morgan fingerprint density at radius 1 is 1.00 bits per heavy atom. The predicted octanol–water partition coefficient (Wildman–Crippen LogP) is 5.06. The van der Waals surface area contributed by atoms with E-state index in [4.69, 9.17) is 4.74 Å². The molecule has 0 radical (unpaired) electrons. The maximum absolute atomic E-state index is 14.2. The Hall–Kier alpha value is -3.95. The average Bonchev–Trinajstić information content (AvgIpc) is 2.90. The van der Waals surface area contributed by atoms with Crippen molar-refractivity contribution in [2.75, 3.05) is 11.4 Å². The Kier molecular flexibility index (Phi) is 7.20. The van der Waals surface area contributed by atoms with E-state index < -0.39 is 15.9 Å². The highest BCUT2D eigenvalue weighted by molar-refractivity contribution is 7.92. The number of ether oxygens (including phenoxy) is 1. The van der Waals surface area contributed by atoms with Crippen LogP contribution in [0, 0.1) is 0 Å². The van der Waals surface area contributed by atoms with Crippen molar-refractivity contribution in [1.82, 2.24) is 10.5 Å². The number of amides is 1. The van der Waals surface area contributed by atoms with Gasteiger partial charge in [-0.25, -0.2) is 13.9 Å². The second-order valence-electron chi connectivity index (χ2n) is 9.59.